The molecule has 1 saturated heterocycles. The summed E-state index contributed by atoms with van der Waals surface area (Å²) in [6.07, 6.45) is 0.134. The second kappa shape index (κ2) is 11.0. The molecule has 0 saturated carbocycles. The average Bonchev–Trinajstić information content (AvgIpc) is 3.12. The van der Waals surface area contributed by atoms with Gasteiger partial charge in [-0.2, -0.15) is 0 Å². The monoisotopic (exact) mass is 548 g/mol. The summed E-state index contributed by atoms with van der Waals surface area (Å²) in [5, 5.41) is 15.7. The van der Waals surface area contributed by atoms with Gasteiger partial charge in [-0.1, -0.05) is 41.4 Å². The first kappa shape index (κ1) is 26.9. The SMILES string of the molecule is Cc1cccc(Cl)c1.O=C1CC[C@]2(C(=O)Nc3cc(Cl)ccc32)[C@@H](c2c(OCCO)ccc(F)c2F)N1. The van der Waals surface area contributed by atoms with Gasteiger partial charge in [-0.15, -0.1) is 0 Å². The van der Waals surface area contributed by atoms with Gasteiger partial charge in [-0.3, -0.25) is 9.59 Å². The highest BCUT2D eigenvalue weighted by Gasteiger charge is 2.56. The molecule has 1 spiro atoms. The Labute approximate surface area is 222 Å². The van der Waals surface area contributed by atoms with E-state index >= 15 is 0 Å². The van der Waals surface area contributed by atoms with E-state index in [2.05, 4.69) is 10.6 Å². The van der Waals surface area contributed by atoms with E-state index in [1.807, 2.05) is 31.2 Å². The summed E-state index contributed by atoms with van der Waals surface area (Å²) in [5.74, 6) is -3.26. The highest BCUT2D eigenvalue weighted by molar-refractivity contribution is 6.31. The maximum atomic E-state index is 15.0. The Kier molecular flexibility index (Phi) is 8.02. The number of fused-ring (bicyclic) bond motifs is 2. The number of nitrogens with one attached hydrogen (secondary N) is 2. The molecule has 0 aromatic heterocycles. The molecule has 0 unspecified atom stereocenters. The molecule has 2 aliphatic rings. The molecule has 0 aliphatic carbocycles. The Hall–Kier alpha value is -3.20. The number of hydrogen-bond donors (Lipinski definition) is 3. The van der Waals surface area contributed by atoms with Crippen LogP contribution in [0.4, 0.5) is 14.5 Å². The molecule has 2 heterocycles. The summed E-state index contributed by atoms with van der Waals surface area (Å²) in [7, 11) is 0. The van der Waals surface area contributed by atoms with Crippen LogP contribution in [0.15, 0.2) is 54.6 Å². The van der Waals surface area contributed by atoms with E-state index < -0.39 is 34.9 Å². The summed E-state index contributed by atoms with van der Waals surface area (Å²) in [6.45, 7) is 1.51. The minimum Gasteiger partial charge on any atom is -0.491 e. The van der Waals surface area contributed by atoms with E-state index in [-0.39, 0.29) is 37.4 Å². The molecular weight excluding hydrogens is 525 g/mol. The third-order valence-corrected chi connectivity index (χ3v) is 6.84. The van der Waals surface area contributed by atoms with Gasteiger partial charge in [0.25, 0.3) is 0 Å². The molecule has 0 bridgehead atoms. The number of anilines is 1. The Morgan fingerprint density at radius 1 is 1.08 bits per heavy atom. The van der Waals surface area contributed by atoms with Crippen molar-refractivity contribution in [3.8, 4) is 5.75 Å². The van der Waals surface area contributed by atoms with E-state index in [1.165, 1.54) is 11.6 Å². The first-order valence-corrected chi connectivity index (χ1v) is 12.3. The van der Waals surface area contributed by atoms with Crippen LogP contribution in [0.2, 0.25) is 10.0 Å². The predicted octanol–water partition coefficient (Wildman–Crippen LogP) is 5.48. The number of aryl methyl sites for hydroxylation is 1. The maximum absolute atomic E-state index is 15.0. The Bertz CT molecular complexity index is 1340. The van der Waals surface area contributed by atoms with Crippen molar-refractivity contribution in [2.45, 2.75) is 31.2 Å². The molecule has 2 amide bonds. The van der Waals surface area contributed by atoms with Crippen molar-refractivity contribution in [2.75, 3.05) is 18.5 Å². The Morgan fingerprint density at radius 3 is 2.51 bits per heavy atom. The van der Waals surface area contributed by atoms with E-state index in [0.717, 1.165) is 11.1 Å². The third-order valence-electron chi connectivity index (χ3n) is 6.37. The van der Waals surface area contributed by atoms with Crippen LogP contribution in [-0.4, -0.2) is 30.1 Å². The number of rotatable bonds is 4. The first-order chi connectivity index (χ1) is 17.7. The lowest BCUT2D eigenvalue weighted by molar-refractivity contribution is -0.130. The number of aliphatic hydroxyl groups is 1. The summed E-state index contributed by atoms with van der Waals surface area (Å²) in [4.78, 5) is 25.3. The van der Waals surface area contributed by atoms with Crippen LogP contribution in [-0.2, 0) is 15.0 Å². The van der Waals surface area contributed by atoms with Crippen molar-refractivity contribution >= 4 is 40.7 Å². The van der Waals surface area contributed by atoms with E-state index in [0.29, 0.717) is 16.3 Å². The predicted molar refractivity (Wildman–Crippen MR) is 137 cm³/mol. The van der Waals surface area contributed by atoms with Crippen molar-refractivity contribution < 1.29 is 28.2 Å². The van der Waals surface area contributed by atoms with E-state index in [4.69, 9.17) is 33.0 Å². The van der Waals surface area contributed by atoms with Gasteiger partial charge < -0.3 is 20.5 Å². The highest BCUT2D eigenvalue weighted by Crippen LogP contribution is 2.53. The Morgan fingerprint density at radius 2 is 1.84 bits per heavy atom. The van der Waals surface area contributed by atoms with Gasteiger partial charge in [-0.25, -0.2) is 8.78 Å². The normalized spacial score (nSPS) is 20.0. The van der Waals surface area contributed by atoms with Gasteiger partial charge in [0.2, 0.25) is 11.8 Å². The largest absolute Gasteiger partial charge is 0.491 e. The quantitative estimate of drug-likeness (QED) is 0.403. The van der Waals surface area contributed by atoms with Crippen LogP contribution < -0.4 is 15.4 Å². The molecule has 10 heteroatoms. The summed E-state index contributed by atoms with van der Waals surface area (Å²) in [6, 6.07) is 13.5. The van der Waals surface area contributed by atoms with Crippen molar-refractivity contribution in [1.29, 1.82) is 0 Å². The molecular formula is C27H24Cl2F2N2O4. The second-order valence-corrected chi connectivity index (χ2v) is 9.63. The first-order valence-electron chi connectivity index (χ1n) is 11.5. The average molecular weight is 549 g/mol. The van der Waals surface area contributed by atoms with Crippen LogP contribution in [0.25, 0.3) is 0 Å². The standard InChI is InChI=1S/C20H17ClF2N2O4.C7H7Cl/c21-10-1-2-11-13(9-10)24-19(28)20(11)6-5-15(27)25-18(20)16-14(29-8-7-26)4-3-12(22)17(16)23;1-6-3-2-4-7(8)5-6/h1-4,9,18,26H,5-8H2,(H,24,28)(H,25,27);2-5H,1H3/t18-,20-;/m1./s1. The fourth-order valence-electron chi connectivity index (χ4n) is 4.73. The zero-order valence-corrected chi connectivity index (χ0v) is 21.3. The number of piperidine rings is 1. The molecule has 2 atom stereocenters. The molecule has 194 valence electrons. The minimum atomic E-state index is -1.36. The fraction of sp³-hybridized carbons (Fsp3) is 0.259. The molecule has 3 aromatic rings. The van der Waals surface area contributed by atoms with Crippen LogP contribution >= 0.6 is 23.2 Å². The molecule has 5 rings (SSSR count). The fourth-order valence-corrected chi connectivity index (χ4v) is 5.15. The molecule has 0 radical (unpaired) electrons. The van der Waals surface area contributed by atoms with Gasteiger partial charge in [0.15, 0.2) is 11.6 Å². The topological polar surface area (TPSA) is 87.7 Å². The minimum absolute atomic E-state index is 0.0375. The molecule has 2 aliphatic heterocycles. The number of hydrogen-bond acceptors (Lipinski definition) is 4. The zero-order chi connectivity index (χ0) is 26.7. The number of halogens is 4. The molecule has 3 aromatic carbocycles. The van der Waals surface area contributed by atoms with Crippen molar-refractivity contribution in [3.05, 3.63) is 93.0 Å². The number of ether oxygens (including phenoxy) is 1. The summed E-state index contributed by atoms with van der Waals surface area (Å²) in [5.41, 5.74) is 0.564. The van der Waals surface area contributed by atoms with Gasteiger partial charge in [0, 0.05) is 22.2 Å². The smallest absolute Gasteiger partial charge is 0.237 e. The lowest BCUT2D eigenvalue weighted by atomic mass is 9.67. The molecule has 1 fully saturated rings. The number of aliphatic hydroxyl groups excluding tert-OH is 1. The Balaban J connectivity index is 0.000000342. The van der Waals surface area contributed by atoms with Crippen molar-refractivity contribution in [3.63, 3.8) is 0 Å². The van der Waals surface area contributed by atoms with E-state index in [1.54, 1.807) is 18.2 Å². The zero-order valence-electron chi connectivity index (χ0n) is 19.8. The van der Waals surface area contributed by atoms with Crippen LogP contribution in [0.1, 0.15) is 35.6 Å². The maximum Gasteiger partial charge on any atom is 0.237 e. The summed E-state index contributed by atoms with van der Waals surface area (Å²) >= 11 is 11.7. The van der Waals surface area contributed by atoms with E-state index in [9.17, 15) is 18.4 Å². The van der Waals surface area contributed by atoms with Gasteiger partial charge in [-0.05, 0) is 60.9 Å². The van der Waals surface area contributed by atoms with Gasteiger partial charge in [0.05, 0.1) is 18.2 Å². The number of carbonyl (C=O) groups excluding carboxylic acids is 2. The number of benzene rings is 3. The van der Waals surface area contributed by atoms with Crippen LogP contribution in [0.3, 0.4) is 0 Å². The molecule has 6 nitrogen and oxygen atoms in total. The lowest BCUT2D eigenvalue weighted by Crippen LogP contribution is -2.53. The lowest BCUT2D eigenvalue weighted by Gasteiger charge is -2.40. The molecule has 37 heavy (non-hydrogen) atoms. The van der Waals surface area contributed by atoms with Crippen LogP contribution in [0.5, 0.6) is 5.75 Å². The van der Waals surface area contributed by atoms with Gasteiger partial charge in [0.1, 0.15) is 17.8 Å². The number of carbonyl (C=O) groups is 2. The van der Waals surface area contributed by atoms with Crippen LogP contribution in [0, 0.1) is 18.6 Å². The van der Waals surface area contributed by atoms with Crippen molar-refractivity contribution in [2.24, 2.45) is 0 Å². The van der Waals surface area contributed by atoms with Crippen molar-refractivity contribution in [1.82, 2.24) is 5.32 Å². The van der Waals surface area contributed by atoms with Gasteiger partial charge >= 0.3 is 0 Å². The highest BCUT2D eigenvalue weighted by atomic mass is 35.5. The number of amides is 2. The summed E-state index contributed by atoms with van der Waals surface area (Å²) < 4.78 is 34.5. The second-order valence-electron chi connectivity index (χ2n) is 8.76. The third kappa shape index (κ3) is 5.28. The molecule has 3 N–H and O–H groups in total.